The van der Waals surface area contributed by atoms with Crippen LogP contribution in [0.4, 0.5) is 0 Å². The number of halogens is 2. The number of ether oxygens (including phenoxy) is 1. The molecule has 1 atom stereocenters. The summed E-state index contributed by atoms with van der Waals surface area (Å²) in [7, 11) is 0. The highest BCUT2D eigenvalue weighted by atomic mass is 35.5. The number of rotatable bonds is 6. The molecule has 1 aromatic heterocycles. The van der Waals surface area contributed by atoms with Gasteiger partial charge in [-0.15, -0.1) is 0 Å². The minimum Gasteiger partial charge on any atom is -0.372 e. The quantitative estimate of drug-likeness (QED) is 0.640. The lowest BCUT2D eigenvalue weighted by Crippen LogP contribution is -2.32. The molecule has 1 saturated heterocycles. The van der Waals surface area contributed by atoms with Gasteiger partial charge < -0.3 is 9.72 Å². The van der Waals surface area contributed by atoms with E-state index in [9.17, 15) is 0 Å². The molecule has 4 nitrogen and oxygen atoms in total. The Morgan fingerprint density at radius 2 is 2.08 bits per heavy atom. The van der Waals surface area contributed by atoms with Crippen LogP contribution in [-0.2, 0) is 17.9 Å². The molecule has 26 heavy (non-hydrogen) atoms. The van der Waals surface area contributed by atoms with Gasteiger partial charge in [0.15, 0.2) is 0 Å². The molecule has 1 aliphatic heterocycles. The van der Waals surface area contributed by atoms with E-state index < -0.39 is 0 Å². The number of hydrogen-bond acceptors (Lipinski definition) is 3. The van der Waals surface area contributed by atoms with Crippen molar-refractivity contribution in [2.45, 2.75) is 32.0 Å². The summed E-state index contributed by atoms with van der Waals surface area (Å²) in [6.45, 7) is 3.09. The number of hydrogen-bond donors (Lipinski definition) is 1. The summed E-state index contributed by atoms with van der Waals surface area (Å²) in [6, 6.07) is 14.1. The van der Waals surface area contributed by atoms with Crippen molar-refractivity contribution in [1.82, 2.24) is 14.9 Å². The summed E-state index contributed by atoms with van der Waals surface area (Å²) in [5, 5.41) is 1.40. The Morgan fingerprint density at radius 3 is 2.92 bits per heavy atom. The van der Waals surface area contributed by atoms with Crippen LogP contribution in [0.15, 0.2) is 42.5 Å². The number of imidazole rings is 1. The Bertz CT molecular complexity index is 863. The van der Waals surface area contributed by atoms with Crippen molar-refractivity contribution >= 4 is 34.2 Å². The molecule has 3 aromatic rings. The van der Waals surface area contributed by atoms with Gasteiger partial charge in [0.2, 0.25) is 0 Å². The van der Waals surface area contributed by atoms with Crippen molar-refractivity contribution in [1.29, 1.82) is 0 Å². The van der Waals surface area contributed by atoms with Gasteiger partial charge in [0.05, 0.1) is 17.6 Å². The Labute approximate surface area is 163 Å². The summed E-state index contributed by atoms with van der Waals surface area (Å²) >= 11 is 12.3. The van der Waals surface area contributed by atoms with Crippen molar-refractivity contribution in [3.05, 3.63) is 63.9 Å². The van der Waals surface area contributed by atoms with E-state index in [0.29, 0.717) is 24.3 Å². The van der Waals surface area contributed by atoms with Crippen molar-refractivity contribution < 1.29 is 4.74 Å². The van der Waals surface area contributed by atoms with E-state index in [1.165, 1.54) is 6.42 Å². The number of fused-ring (bicyclic) bond motifs is 1. The van der Waals surface area contributed by atoms with Gasteiger partial charge in [-0.2, -0.15) is 0 Å². The molecule has 0 radical (unpaired) electrons. The van der Waals surface area contributed by atoms with Crippen LogP contribution in [0, 0.1) is 0 Å². The second-order valence-electron chi connectivity index (χ2n) is 6.72. The van der Waals surface area contributed by atoms with Crippen molar-refractivity contribution in [3.8, 4) is 0 Å². The molecular formula is C20H21Cl2N3O. The minimum atomic E-state index is 0.408. The molecule has 2 heterocycles. The van der Waals surface area contributed by atoms with Gasteiger partial charge in [0.1, 0.15) is 12.4 Å². The second-order valence-corrected chi connectivity index (χ2v) is 7.56. The lowest BCUT2D eigenvalue weighted by Gasteiger charge is -2.24. The van der Waals surface area contributed by atoms with E-state index in [1.54, 1.807) is 0 Å². The molecule has 1 aliphatic rings. The molecule has 0 saturated carbocycles. The largest absolute Gasteiger partial charge is 0.372 e. The van der Waals surface area contributed by atoms with Crippen LogP contribution in [-0.4, -0.2) is 34.1 Å². The molecule has 0 bridgehead atoms. The Kier molecular flexibility index (Phi) is 5.46. The zero-order chi connectivity index (χ0) is 17.9. The van der Waals surface area contributed by atoms with Crippen LogP contribution in [0.3, 0.4) is 0 Å². The fourth-order valence-electron chi connectivity index (χ4n) is 3.53. The number of nitrogens with one attached hydrogen (secondary N) is 1. The van der Waals surface area contributed by atoms with Crippen LogP contribution in [0.2, 0.25) is 10.0 Å². The average molecular weight is 390 g/mol. The number of benzene rings is 2. The van der Waals surface area contributed by atoms with Crippen molar-refractivity contribution in [2.75, 3.05) is 13.2 Å². The standard InChI is InChI=1S/C20H21Cl2N3O/c21-15-8-7-14(17(22)10-15)11-25-9-3-4-16(25)12-26-13-20-23-18-5-1-2-6-19(18)24-20/h1-2,5-8,10,16H,3-4,9,11-13H2,(H,23,24)/t16-/m0/s1. The fourth-order valence-corrected chi connectivity index (χ4v) is 3.99. The fraction of sp³-hybridized carbons (Fsp3) is 0.350. The molecular weight excluding hydrogens is 369 g/mol. The Balaban J connectivity index is 1.33. The van der Waals surface area contributed by atoms with E-state index in [-0.39, 0.29) is 0 Å². The molecule has 6 heteroatoms. The third-order valence-corrected chi connectivity index (χ3v) is 5.46. The van der Waals surface area contributed by atoms with Crippen LogP contribution in [0.1, 0.15) is 24.2 Å². The van der Waals surface area contributed by atoms with E-state index in [1.807, 2.05) is 42.5 Å². The number of para-hydroxylation sites is 2. The lowest BCUT2D eigenvalue weighted by molar-refractivity contribution is 0.0614. The molecule has 136 valence electrons. The minimum absolute atomic E-state index is 0.408. The van der Waals surface area contributed by atoms with Gasteiger partial charge in [-0.3, -0.25) is 4.90 Å². The van der Waals surface area contributed by atoms with Crippen LogP contribution < -0.4 is 0 Å². The molecule has 0 aliphatic carbocycles. The van der Waals surface area contributed by atoms with Crippen molar-refractivity contribution in [3.63, 3.8) is 0 Å². The number of H-pyrrole nitrogens is 1. The molecule has 1 N–H and O–H groups in total. The highest BCUT2D eigenvalue weighted by molar-refractivity contribution is 6.35. The van der Waals surface area contributed by atoms with Gasteiger partial charge in [0.25, 0.3) is 0 Å². The first-order valence-corrected chi connectivity index (χ1v) is 9.64. The maximum Gasteiger partial charge on any atom is 0.133 e. The predicted molar refractivity (Wildman–Crippen MR) is 106 cm³/mol. The monoisotopic (exact) mass is 389 g/mol. The summed E-state index contributed by atoms with van der Waals surface area (Å²) in [4.78, 5) is 10.3. The first kappa shape index (κ1) is 17.8. The van der Waals surface area contributed by atoms with Crippen molar-refractivity contribution in [2.24, 2.45) is 0 Å². The highest BCUT2D eigenvalue weighted by Gasteiger charge is 2.25. The Morgan fingerprint density at radius 1 is 1.19 bits per heavy atom. The number of likely N-dealkylation sites (tertiary alicyclic amines) is 1. The third-order valence-electron chi connectivity index (χ3n) is 4.88. The predicted octanol–water partition coefficient (Wildman–Crippen LogP) is 5.05. The van der Waals surface area contributed by atoms with Crippen LogP contribution in [0.5, 0.6) is 0 Å². The lowest BCUT2D eigenvalue weighted by atomic mass is 10.2. The van der Waals surface area contributed by atoms with Crippen LogP contribution in [0.25, 0.3) is 11.0 Å². The van der Waals surface area contributed by atoms with Gasteiger partial charge in [-0.1, -0.05) is 41.4 Å². The van der Waals surface area contributed by atoms with E-state index in [4.69, 9.17) is 27.9 Å². The summed E-state index contributed by atoms with van der Waals surface area (Å²) in [5.41, 5.74) is 3.14. The maximum atomic E-state index is 6.32. The second kappa shape index (κ2) is 7.97. The summed E-state index contributed by atoms with van der Waals surface area (Å²) in [5.74, 6) is 0.872. The molecule has 0 spiro atoms. The molecule has 2 aromatic carbocycles. The van der Waals surface area contributed by atoms with Gasteiger partial charge in [-0.25, -0.2) is 4.98 Å². The third kappa shape index (κ3) is 4.04. The number of aromatic amines is 1. The summed E-state index contributed by atoms with van der Waals surface area (Å²) in [6.07, 6.45) is 2.33. The zero-order valence-electron chi connectivity index (χ0n) is 14.4. The topological polar surface area (TPSA) is 41.1 Å². The summed E-state index contributed by atoms with van der Waals surface area (Å²) < 4.78 is 5.96. The molecule has 4 rings (SSSR count). The van der Waals surface area contributed by atoms with Gasteiger partial charge >= 0.3 is 0 Å². The highest BCUT2D eigenvalue weighted by Crippen LogP contribution is 2.26. The number of nitrogens with zero attached hydrogens (tertiary/aromatic N) is 2. The number of aromatic nitrogens is 2. The smallest absolute Gasteiger partial charge is 0.133 e. The van der Waals surface area contributed by atoms with Gasteiger partial charge in [0, 0.05) is 22.6 Å². The SMILES string of the molecule is Clc1ccc(CN2CCC[C@H]2COCc2nc3ccccc3[nH]2)c(Cl)c1. The van der Waals surface area contributed by atoms with Gasteiger partial charge in [-0.05, 0) is 49.2 Å². The Hall–Kier alpha value is -1.59. The molecule has 0 amide bonds. The first-order valence-electron chi connectivity index (χ1n) is 8.88. The normalized spacial score (nSPS) is 18.0. The maximum absolute atomic E-state index is 6.32. The first-order chi connectivity index (χ1) is 12.7. The molecule has 1 fully saturated rings. The zero-order valence-corrected chi connectivity index (χ0v) is 15.9. The van der Waals surface area contributed by atoms with E-state index >= 15 is 0 Å². The van der Waals surface area contributed by atoms with E-state index in [0.717, 1.165) is 47.0 Å². The van der Waals surface area contributed by atoms with E-state index in [2.05, 4.69) is 14.9 Å². The molecule has 0 unspecified atom stereocenters. The average Bonchev–Trinajstić information content (AvgIpc) is 3.23. The van der Waals surface area contributed by atoms with Crippen LogP contribution >= 0.6 is 23.2 Å².